The summed E-state index contributed by atoms with van der Waals surface area (Å²) in [5, 5.41) is 15.0. The van der Waals surface area contributed by atoms with E-state index in [2.05, 4.69) is 275 Å². The van der Waals surface area contributed by atoms with Gasteiger partial charge in [-0.2, -0.15) is 0 Å². The normalized spacial score (nSPS) is 12.2. The summed E-state index contributed by atoms with van der Waals surface area (Å²) in [7, 11) is 0. The first-order valence-electron chi connectivity index (χ1n) is 26.8. The van der Waals surface area contributed by atoms with Gasteiger partial charge in [-0.25, -0.2) is 0 Å². The van der Waals surface area contributed by atoms with E-state index in [4.69, 9.17) is 0 Å². The van der Waals surface area contributed by atoms with Crippen LogP contribution < -0.4 is 0 Å². The van der Waals surface area contributed by atoms with Crippen LogP contribution in [0, 0.1) is 0 Å². The molecule has 0 unspecified atom stereocenters. The molecule has 0 aliphatic rings. The predicted octanol–water partition coefficient (Wildman–Crippen LogP) is 19.4. The van der Waals surface area contributed by atoms with Gasteiger partial charge in [-0.05, 0) is 118 Å². The summed E-state index contributed by atoms with van der Waals surface area (Å²) in [4.78, 5) is 0. The van der Waals surface area contributed by atoms with E-state index in [1.54, 1.807) is 0 Å². The van der Waals surface area contributed by atoms with Crippen molar-refractivity contribution in [1.29, 1.82) is 0 Å². The van der Waals surface area contributed by atoms with Crippen LogP contribution in [-0.2, 0) is 13.1 Å². The van der Waals surface area contributed by atoms with E-state index in [9.17, 15) is 0 Å². The van der Waals surface area contributed by atoms with Crippen LogP contribution in [0.15, 0.2) is 243 Å². The minimum Gasteiger partial charge on any atom is -0.341 e. The smallest absolute Gasteiger partial charge is 0.0620 e. The number of nitrogens with zero attached hydrogens (tertiary/aromatic N) is 4. The fraction of sp³-hybridized carbons (Fsp3) is 0.0556. The summed E-state index contributed by atoms with van der Waals surface area (Å²) in [6, 6.07) is 90.9. The molecular formula is C72H50N4. The van der Waals surface area contributed by atoms with Gasteiger partial charge in [-0.15, -0.1) is 0 Å². The summed E-state index contributed by atoms with van der Waals surface area (Å²) >= 11 is 0. The summed E-state index contributed by atoms with van der Waals surface area (Å²) in [5.41, 5.74) is 19.3. The van der Waals surface area contributed by atoms with Crippen LogP contribution in [0.3, 0.4) is 0 Å². The summed E-state index contributed by atoms with van der Waals surface area (Å²) in [5.74, 6) is 0. The SMILES string of the molecule is CCn1c2ccccc2c2cc(-n3c(-c4ccccc4)c(-c4ccccc4)c4cc5ccc6c7c(ccc(c57)c43)cc3c(-c4ccccc4)c(-c4ccccc4)n(-c4ccc5c(c4)c4ccccc4n5CC)c36)ccc21. The molecule has 0 N–H and O–H groups in total. The number of aryl methyl sites for hydroxylation is 2. The molecule has 12 aromatic carbocycles. The third-order valence-electron chi connectivity index (χ3n) is 16.6. The molecule has 4 aromatic heterocycles. The monoisotopic (exact) mass is 970 g/mol. The summed E-state index contributed by atoms with van der Waals surface area (Å²) < 4.78 is 10.1. The van der Waals surface area contributed by atoms with Gasteiger partial charge in [0, 0.05) is 101 Å². The van der Waals surface area contributed by atoms with Crippen molar-refractivity contribution in [2.75, 3.05) is 0 Å². The Morgan fingerprint density at radius 3 is 1.03 bits per heavy atom. The van der Waals surface area contributed by atoms with Crippen molar-refractivity contribution in [3.05, 3.63) is 243 Å². The average molecular weight is 971 g/mol. The molecule has 4 heteroatoms. The van der Waals surface area contributed by atoms with Gasteiger partial charge in [0.2, 0.25) is 0 Å². The third-order valence-corrected chi connectivity index (χ3v) is 16.6. The average Bonchev–Trinajstić information content (AvgIpc) is 4.33. The van der Waals surface area contributed by atoms with Gasteiger partial charge < -0.3 is 18.3 Å². The van der Waals surface area contributed by atoms with Gasteiger partial charge in [0.1, 0.15) is 0 Å². The Labute approximate surface area is 439 Å². The maximum absolute atomic E-state index is 2.59. The lowest BCUT2D eigenvalue weighted by Gasteiger charge is -2.18. The highest BCUT2D eigenvalue weighted by Gasteiger charge is 2.29. The lowest BCUT2D eigenvalue weighted by Crippen LogP contribution is -2.00. The highest BCUT2D eigenvalue weighted by molar-refractivity contribution is 6.35. The van der Waals surface area contributed by atoms with Crippen LogP contribution in [-0.4, -0.2) is 18.3 Å². The van der Waals surface area contributed by atoms with Gasteiger partial charge in [-0.1, -0.05) is 182 Å². The number of rotatable bonds is 8. The highest BCUT2D eigenvalue weighted by atomic mass is 15.0. The van der Waals surface area contributed by atoms with E-state index >= 15 is 0 Å². The molecular weight excluding hydrogens is 921 g/mol. The highest BCUT2D eigenvalue weighted by Crippen LogP contribution is 2.52. The Morgan fingerprint density at radius 2 is 0.632 bits per heavy atom. The fourth-order valence-electron chi connectivity index (χ4n) is 13.6. The second-order valence-corrected chi connectivity index (χ2v) is 20.5. The molecule has 0 spiro atoms. The first-order chi connectivity index (χ1) is 37.7. The van der Waals surface area contributed by atoms with Crippen LogP contribution in [0.2, 0.25) is 0 Å². The summed E-state index contributed by atoms with van der Waals surface area (Å²) in [6.45, 7) is 6.29. The maximum Gasteiger partial charge on any atom is 0.0620 e. The molecule has 0 aliphatic carbocycles. The van der Waals surface area contributed by atoms with Gasteiger partial charge in [-0.3, -0.25) is 0 Å². The van der Waals surface area contributed by atoms with E-state index in [1.165, 1.54) is 143 Å². The quantitative estimate of drug-likeness (QED) is 0.135. The zero-order valence-electron chi connectivity index (χ0n) is 42.3. The van der Waals surface area contributed by atoms with Gasteiger partial charge in [0.15, 0.2) is 0 Å². The van der Waals surface area contributed by atoms with Crippen molar-refractivity contribution in [2.45, 2.75) is 26.9 Å². The molecule has 76 heavy (non-hydrogen) atoms. The van der Waals surface area contributed by atoms with Gasteiger partial charge in [0.05, 0.1) is 22.4 Å². The Balaban J connectivity index is 1.08. The molecule has 0 bridgehead atoms. The molecule has 4 heterocycles. The van der Waals surface area contributed by atoms with Crippen molar-refractivity contribution >= 4 is 97.7 Å². The Bertz CT molecular complexity index is 4660. The van der Waals surface area contributed by atoms with Crippen LogP contribution >= 0.6 is 0 Å². The number of para-hydroxylation sites is 2. The minimum atomic E-state index is 0.897. The van der Waals surface area contributed by atoms with E-state index in [-0.39, 0.29) is 0 Å². The molecule has 358 valence electrons. The first-order valence-corrected chi connectivity index (χ1v) is 26.8. The summed E-state index contributed by atoms with van der Waals surface area (Å²) in [6.07, 6.45) is 0. The molecule has 0 radical (unpaired) electrons. The topological polar surface area (TPSA) is 19.7 Å². The minimum absolute atomic E-state index is 0.897. The van der Waals surface area contributed by atoms with E-state index in [0.29, 0.717) is 0 Å². The Kier molecular flexibility index (Phi) is 9.26. The molecule has 0 atom stereocenters. The number of fused-ring (bicyclic) bond motifs is 10. The lowest BCUT2D eigenvalue weighted by atomic mass is 9.89. The number of hydrogen-bond acceptors (Lipinski definition) is 0. The van der Waals surface area contributed by atoms with Crippen molar-refractivity contribution in [1.82, 2.24) is 18.3 Å². The third kappa shape index (κ3) is 5.95. The predicted molar refractivity (Wildman–Crippen MR) is 323 cm³/mol. The van der Waals surface area contributed by atoms with Gasteiger partial charge in [0.25, 0.3) is 0 Å². The maximum atomic E-state index is 2.59. The van der Waals surface area contributed by atoms with Crippen molar-refractivity contribution < 1.29 is 0 Å². The Hall–Kier alpha value is -9.64. The Morgan fingerprint density at radius 1 is 0.276 bits per heavy atom. The molecule has 16 rings (SSSR count). The second kappa shape index (κ2) is 16.4. The fourth-order valence-corrected chi connectivity index (χ4v) is 13.6. The van der Waals surface area contributed by atoms with E-state index < -0.39 is 0 Å². The molecule has 0 aliphatic heterocycles. The number of benzene rings is 12. The second-order valence-electron chi connectivity index (χ2n) is 20.5. The zero-order valence-corrected chi connectivity index (χ0v) is 42.3. The lowest BCUT2D eigenvalue weighted by molar-refractivity contribution is 0.827. The standard InChI is InChI=1S/C72H50N4/c1-3-73-61-31-19-17-29-53(61)57-43-51(35-39-63(57)73)75-69(47-25-13-7-14-26-47)67(45-21-9-5-10-22-45)59-41-49-34-38-56-66-50(33-37-55(65(49)66)71(59)75)42-60-68(46-23-11-6-12-24-46)70(48-27-15-8-16-28-48)76(72(56)60)52-36-40-64-58(44-52)54-30-18-20-32-62(54)74(64)4-2/h5-44H,3-4H2,1-2H3. The molecule has 0 saturated carbocycles. The van der Waals surface area contributed by atoms with Crippen molar-refractivity contribution in [3.63, 3.8) is 0 Å². The molecule has 0 fully saturated rings. The largest absolute Gasteiger partial charge is 0.341 e. The van der Waals surface area contributed by atoms with Crippen LogP contribution in [0.1, 0.15) is 13.8 Å². The van der Waals surface area contributed by atoms with Crippen molar-refractivity contribution in [2.24, 2.45) is 0 Å². The van der Waals surface area contributed by atoms with Crippen LogP contribution in [0.5, 0.6) is 0 Å². The first kappa shape index (κ1) is 42.8. The molecule has 4 nitrogen and oxygen atoms in total. The molecule has 16 aromatic rings. The van der Waals surface area contributed by atoms with Crippen LogP contribution in [0.4, 0.5) is 0 Å². The van der Waals surface area contributed by atoms with E-state index in [1.807, 2.05) is 0 Å². The van der Waals surface area contributed by atoms with Gasteiger partial charge >= 0.3 is 0 Å². The van der Waals surface area contributed by atoms with E-state index in [0.717, 1.165) is 24.5 Å². The molecule has 0 saturated heterocycles. The number of aromatic nitrogens is 4. The van der Waals surface area contributed by atoms with Crippen LogP contribution in [0.25, 0.3) is 154 Å². The van der Waals surface area contributed by atoms with Crippen molar-refractivity contribution in [3.8, 4) is 56.1 Å². The molecule has 0 amide bonds. The number of hydrogen-bond donors (Lipinski definition) is 0. The zero-order chi connectivity index (χ0) is 50.2.